The van der Waals surface area contributed by atoms with Crippen LogP contribution in [0.3, 0.4) is 0 Å². The Labute approximate surface area is 282 Å². The summed E-state index contributed by atoms with van der Waals surface area (Å²) < 4.78 is 37.7. The number of rotatable bonds is 11. The van der Waals surface area contributed by atoms with Crippen molar-refractivity contribution >= 4 is 18.0 Å². The van der Waals surface area contributed by atoms with Crippen LogP contribution in [0.4, 0.5) is 0 Å². The normalized spacial score (nSPS) is 32.2. The molecule has 50 heavy (non-hydrogen) atoms. The highest BCUT2D eigenvalue weighted by Crippen LogP contribution is 2.47. The van der Waals surface area contributed by atoms with Crippen LogP contribution in [-0.4, -0.2) is 149 Å². The number of fused-ring (bicyclic) bond motifs is 1. The van der Waals surface area contributed by atoms with Gasteiger partial charge in [-0.1, -0.05) is 0 Å². The third-order valence-electron chi connectivity index (χ3n) is 8.17. The summed E-state index contributed by atoms with van der Waals surface area (Å²) in [6.07, 6.45) is -17.9. The molecule has 2 aromatic rings. The second-order valence-corrected chi connectivity index (χ2v) is 11.6. The van der Waals surface area contributed by atoms with E-state index >= 15 is 0 Å². The van der Waals surface area contributed by atoms with E-state index in [-0.39, 0.29) is 40.1 Å². The molecule has 2 aromatic carbocycles. The summed E-state index contributed by atoms with van der Waals surface area (Å²) in [5.74, 6) is -3.40. The summed E-state index contributed by atoms with van der Waals surface area (Å²) in [5, 5.41) is 102. The van der Waals surface area contributed by atoms with E-state index in [1.165, 1.54) is 37.5 Å². The van der Waals surface area contributed by atoms with Crippen LogP contribution in [0.25, 0.3) is 6.08 Å². The fourth-order valence-electron chi connectivity index (χ4n) is 5.50. The number of carboxylic acids is 1. The quantitative estimate of drug-likeness (QED) is 0.0652. The summed E-state index contributed by atoms with van der Waals surface area (Å²) in [4.78, 5) is 22.6. The molecule has 11 atom stereocenters. The third-order valence-corrected chi connectivity index (χ3v) is 8.17. The molecule has 2 fully saturated rings. The van der Waals surface area contributed by atoms with Crippen molar-refractivity contribution in [2.75, 3.05) is 20.3 Å². The van der Waals surface area contributed by atoms with Crippen LogP contribution in [0, 0.1) is 0 Å². The molecule has 274 valence electrons. The molecular formula is C31H37O19+. The summed E-state index contributed by atoms with van der Waals surface area (Å²) >= 11 is 0. The monoisotopic (exact) mass is 713 g/mol. The molecule has 19 nitrogen and oxygen atoms in total. The molecule has 11 N–H and O–H groups in total. The molecule has 0 amide bonds. The van der Waals surface area contributed by atoms with Gasteiger partial charge in [0.25, 0.3) is 11.9 Å². The molecule has 0 aliphatic carbocycles. The van der Waals surface area contributed by atoms with Gasteiger partial charge in [-0.25, -0.2) is 0 Å². The summed E-state index contributed by atoms with van der Waals surface area (Å²) in [7, 11) is 1.31. The number of carboxylic acid groups (broad SMARTS) is 1. The Kier molecular flexibility index (Phi) is 11.2. The summed E-state index contributed by atoms with van der Waals surface area (Å²) in [6.45, 7) is -1.46. The van der Waals surface area contributed by atoms with Gasteiger partial charge in [0.05, 0.1) is 25.3 Å². The first-order valence-corrected chi connectivity index (χ1v) is 15.1. The highest BCUT2D eigenvalue weighted by molar-refractivity contribution is 5.90. The van der Waals surface area contributed by atoms with E-state index in [0.29, 0.717) is 5.56 Å². The zero-order valence-corrected chi connectivity index (χ0v) is 26.1. The van der Waals surface area contributed by atoms with E-state index in [1.54, 1.807) is 0 Å². The fraction of sp³-hybridized carbons (Fsp3) is 0.484. The topological polar surface area (TPSA) is 305 Å². The molecule has 3 aliphatic rings. The van der Waals surface area contributed by atoms with Crippen molar-refractivity contribution in [3.05, 3.63) is 47.2 Å². The number of carbonyl (C=O) groups is 2. The van der Waals surface area contributed by atoms with Crippen molar-refractivity contribution in [3.63, 3.8) is 0 Å². The number of aromatic hydroxyl groups is 3. The zero-order valence-electron chi connectivity index (χ0n) is 26.1. The minimum atomic E-state index is -1.90. The predicted molar refractivity (Wildman–Crippen MR) is 161 cm³/mol. The number of aliphatic carboxylic acids is 1. The largest absolute Gasteiger partial charge is 0.571 e. The molecular weight excluding hydrogens is 676 g/mol. The lowest BCUT2D eigenvalue weighted by atomic mass is 9.98. The Bertz CT molecular complexity index is 1580. The van der Waals surface area contributed by atoms with Gasteiger partial charge in [0.15, 0.2) is 17.3 Å². The Morgan fingerprint density at radius 1 is 0.820 bits per heavy atom. The molecule has 3 aliphatic heterocycles. The number of aliphatic hydroxyl groups is 8. The van der Waals surface area contributed by atoms with E-state index in [0.717, 1.165) is 6.07 Å². The molecule has 1 unspecified atom stereocenters. The average Bonchev–Trinajstić information content (AvgIpc) is 3.08. The number of hydrogen-bond acceptors (Lipinski definition) is 17. The number of benzene rings is 2. The Morgan fingerprint density at radius 3 is 2.10 bits per heavy atom. The van der Waals surface area contributed by atoms with Crippen LogP contribution in [0.5, 0.6) is 28.7 Å². The van der Waals surface area contributed by atoms with Crippen molar-refractivity contribution in [1.82, 2.24) is 0 Å². The van der Waals surface area contributed by atoms with Gasteiger partial charge in [0, 0.05) is 12.1 Å². The van der Waals surface area contributed by atoms with Crippen LogP contribution in [0.2, 0.25) is 0 Å². The number of hydrogen-bond donors (Lipinski definition) is 10. The smallest absolute Gasteiger partial charge is 0.317 e. The van der Waals surface area contributed by atoms with E-state index in [2.05, 4.69) is 4.74 Å². The van der Waals surface area contributed by atoms with Gasteiger partial charge in [-0.05, 0) is 18.2 Å². The van der Waals surface area contributed by atoms with Crippen molar-refractivity contribution in [2.45, 2.75) is 73.9 Å². The molecule has 0 saturated carbocycles. The second kappa shape index (κ2) is 15.2. The SMILES string of the molecule is COc1cc(C2[OH+]c3cc(O)cc(O[C@@H]4O[C@H](CO)[C@@H](O)[C@H](O)[C@H]4O)c3C=C2O[C@@H]2O[C@H](COC(=O)CC(=O)O)[C@@H](O)[C@H](O)[C@H]2O)ccc1O. The molecule has 3 heterocycles. The number of aliphatic hydroxyl groups excluding tert-OH is 7. The average molecular weight is 714 g/mol. The predicted octanol–water partition coefficient (Wildman–Crippen LogP) is -2.54. The lowest BCUT2D eigenvalue weighted by molar-refractivity contribution is -0.296. The van der Waals surface area contributed by atoms with E-state index in [4.69, 9.17) is 33.5 Å². The van der Waals surface area contributed by atoms with Crippen molar-refractivity contribution in [2.24, 2.45) is 0 Å². The van der Waals surface area contributed by atoms with Crippen LogP contribution in [0.15, 0.2) is 36.1 Å². The van der Waals surface area contributed by atoms with Crippen LogP contribution >= 0.6 is 0 Å². The maximum absolute atomic E-state index is 11.8. The molecule has 0 bridgehead atoms. The molecule has 2 saturated heterocycles. The van der Waals surface area contributed by atoms with Gasteiger partial charge in [0.2, 0.25) is 12.6 Å². The Balaban J connectivity index is 1.51. The minimum absolute atomic E-state index is 0.0427. The maximum Gasteiger partial charge on any atom is 0.317 e. The lowest BCUT2D eigenvalue weighted by Crippen LogP contribution is -2.60. The third kappa shape index (κ3) is 7.65. The van der Waals surface area contributed by atoms with Gasteiger partial charge < -0.3 is 84.2 Å². The highest BCUT2D eigenvalue weighted by Gasteiger charge is 2.48. The molecule has 0 radical (unpaired) electrons. The molecule has 19 heteroatoms. The Hall–Kier alpha value is -4.44. The summed E-state index contributed by atoms with van der Waals surface area (Å²) in [5.41, 5.74) is 0.420. The maximum atomic E-state index is 11.8. The zero-order chi connectivity index (χ0) is 36.4. The fourth-order valence-corrected chi connectivity index (χ4v) is 5.50. The molecule has 5 rings (SSSR count). The summed E-state index contributed by atoms with van der Waals surface area (Å²) in [6, 6.07) is 6.55. The Morgan fingerprint density at radius 2 is 1.46 bits per heavy atom. The van der Waals surface area contributed by atoms with Crippen LogP contribution in [-0.2, 0) is 28.5 Å². The highest BCUT2D eigenvalue weighted by atomic mass is 16.7. The first kappa shape index (κ1) is 36.8. The van der Waals surface area contributed by atoms with Gasteiger partial charge in [-0.15, -0.1) is 0 Å². The number of carbonyl (C=O) groups excluding carboxylic acids is 1. The van der Waals surface area contributed by atoms with Gasteiger partial charge in [-0.3, -0.25) is 9.59 Å². The number of methoxy groups -OCH3 is 1. The number of phenols is 2. The van der Waals surface area contributed by atoms with E-state index in [1.807, 2.05) is 0 Å². The van der Waals surface area contributed by atoms with Gasteiger partial charge in [-0.2, -0.15) is 0 Å². The van der Waals surface area contributed by atoms with E-state index < -0.39 is 99.1 Å². The number of esters is 1. The van der Waals surface area contributed by atoms with Crippen molar-refractivity contribution in [1.29, 1.82) is 0 Å². The van der Waals surface area contributed by atoms with Gasteiger partial charge in [0.1, 0.15) is 78.9 Å². The van der Waals surface area contributed by atoms with Crippen molar-refractivity contribution < 1.29 is 93.8 Å². The lowest BCUT2D eigenvalue weighted by Gasteiger charge is -2.41. The van der Waals surface area contributed by atoms with Crippen LogP contribution in [0.1, 0.15) is 23.7 Å². The van der Waals surface area contributed by atoms with Crippen molar-refractivity contribution in [3.8, 4) is 28.7 Å². The number of ether oxygens (including phenoxy) is 7. The number of phenolic OH excluding ortho intramolecular Hbond substituents is 2. The first-order valence-electron chi connectivity index (χ1n) is 15.1. The molecule has 0 aromatic heterocycles. The van der Waals surface area contributed by atoms with Gasteiger partial charge >= 0.3 is 11.9 Å². The standard InChI is InChI=1S/C31H36O19/c1-44-17-4-11(2-3-14(17)34)29-18(48-31-28(43)26(41)24(39)20(50-31)10-45-22(37)8-21(35)36)7-13-15(46-29)5-12(33)6-16(13)47-30-27(42)25(40)23(38)19(9-32)49-30/h2-7,19-20,23-34,38-43H,8-10H2,1H3,(H,35,36)/p+1/t19-,20-,23-,24-,25+,26+,27-,28-,29?,30-,31-/m1/s1. The molecule has 0 spiro atoms. The minimum Gasteiger partial charge on any atom is -0.571 e. The second-order valence-electron chi connectivity index (χ2n) is 11.6. The van der Waals surface area contributed by atoms with E-state index in [9.17, 15) is 55.5 Å². The van der Waals surface area contributed by atoms with Crippen LogP contribution < -0.4 is 9.47 Å². The first-order chi connectivity index (χ1) is 23.7.